The summed E-state index contributed by atoms with van der Waals surface area (Å²) in [6.45, 7) is 5.64. The topological polar surface area (TPSA) is 58.6 Å². The van der Waals surface area contributed by atoms with Crippen molar-refractivity contribution in [2.45, 2.75) is 32.7 Å². The van der Waals surface area contributed by atoms with Crippen LogP contribution in [0.5, 0.6) is 5.75 Å². The standard InChI is InChI=1S/C23H26ClFN2O3/c1-15(2)26-22(28)17-3-6-19(7-4-17)30-14-16-9-11-27(12-10-16)23(29)18-5-8-21(25)20(24)13-18/h3-8,13,15-16H,9-12,14H2,1-2H3,(H,26,28). The Morgan fingerprint density at radius 3 is 2.37 bits per heavy atom. The Morgan fingerprint density at radius 1 is 1.13 bits per heavy atom. The smallest absolute Gasteiger partial charge is 0.253 e. The van der Waals surface area contributed by atoms with Crippen LogP contribution in [0.2, 0.25) is 5.02 Å². The first kappa shape index (κ1) is 22.1. The third-order valence-corrected chi connectivity index (χ3v) is 5.38. The highest BCUT2D eigenvalue weighted by Crippen LogP contribution is 2.23. The molecule has 160 valence electrons. The number of carbonyl (C=O) groups is 2. The Morgan fingerprint density at radius 2 is 1.77 bits per heavy atom. The zero-order chi connectivity index (χ0) is 21.7. The largest absolute Gasteiger partial charge is 0.493 e. The van der Waals surface area contributed by atoms with Gasteiger partial charge in [0.2, 0.25) is 0 Å². The number of amides is 2. The molecule has 1 N–H and O–H groups in total. The van der Waals surface area contributed by atoms with Crippen molar-refractivity contribution in [2.75, 3.05) is 19.7 Å². The molecule has 0 aromatic heterocycles. The van der Waals surface area contributed by atoms with E-state index in [1.165, 1.54) is 18.2 Å². The van der Waals surface area contributed by atoms with E-state index in [2.05, 4.69) is 5.32 Å². The third-order valence-electron chi connectivity index (χ3n) is 5.09. The number of rotatable bonds is 6. The lowest BCUT2D eigenvalue weighted by atomic mass is 9.97. The van der Waals surface area contributed by atoms with Crippen LogP contribution in [0, 0.1) is 11.7 Å². The maximum Gasteiger partial charge on any atom is 0.253 e. The van der Waals surface area contributed by atoms with Gasteiger partial charge in [-0.2, -0.15) is 0 Å². The molecule has 0 saturated carbocycles. The van der Waals surface area contributed by atoms with E-state index < -0.39 is 5.82 Å². The minimum atomic E-state index is -0.530. The van der Waals surface area contributed by atoms with Crippen LogP contribution in [-0.4, -0.2) is 42.5 Å². The van der Waals surface area contributed by atoms with E-state index in [1.54, 1.807) is 29.2 Å². The lowest BCUT2D eigenvalue weighted by Gasteiger charge is -2.32. The summed E-state index contributed by atoms with van der Waals surface area (Å²) >= 11 is 5.78. The highest BCUT2D eigenvalue weighted by atomic mass is 35.5. The second-order valence-corrected chi connectivity index (χ2v) is 8.24. The third kappa shape index (κ3) is 5.72. The molecule has 2 aromatic carbocycles. The van der Waals surface area contributed by atoms with E-state index in [0.29, 0.717) is 36.7 Å². The maximum atomic E-state index is 13.3. The molecular formula is C23H26ClFN2O3. The average Bonchev–Trinajstić information content (AvgIpc) is 2.74. The molecular weight excluding hydrogens is 407 g/mol. The molecule has 1 fully saturated rings. The molecule has 5 nitrogen and oxygen atoms in total. The van der Waals surface area contributed by atoms with Crippen LogP contribution in [0.3, 0.4) is 0 Å². The summed E-state index contributed by atoms with van der Waals surface area (Å²) in [4.78, 5) is 26.3. The molecule has 7 heteroatoms. The number of hydrogen-bond acceptors (Lipinski definition) is 3. The van der Waals surface area contributed by atoms with E-state index in [4.69, 9.17) is 16.3 Å². The van der Waals surface area contributed by atoms with E-state index in [-0.39, 0.29) is 22.9 Å². The fourth-order valence-corrected chi connectivity index (χ4v) is 3.56. The number of piperidine rings is 1. The summed E-state index contributed by atoms with van der Waals surface area (Å²) in [6, 6.07) is 11.2. The average molecular weight is 433 g/mol. The molecule has 0 bridgehead atoms. The number of nitrogens with zero attached hydrogens (tertiary/aromatic N) is 1. The first-order valence-electron chi connectivity index (χ1n) is 10.1. The molecule has 1 aliphatic rings. The summed E-state index contributed by atoms with van der Waals surface area (Å²) in [6.07, 6.45) is 1.66. The number of hydrogen-bond donors (Lipinski definition) is 1. The lowest BCUT2D eigenvalue weighted by Crippen LogP contribution is -2.39. The Hall–Kier alpha value is -2.60. The van der Waals surface area contributed by atoms with Crippen molar-refractivity contribution >= 4 is 23.4 Å². The van der Waals surface area contributed by atoms with E-state index >= 15 is 0 Å². The molecule has 1 aliphatic heterocycles. The van der Waals surface area contributed by atoms with Crippen LogP contribution in [0.15, 0.2) is 42.5 Å². The summed E-state index contributed by atoms with van der Waals surface area (Å²) in [7, 11) is 0. The molecule has 30 heavy (non-hydrogen) atoms. The zero-order valence-corrected chi connectivity index (χ0v) is 17.9. The van der Waals surface area contributed by atoms with Gasteiger partial charge in [0.1, 0.15) is 11.6 Å². The summed E-state index contributed by atoms with van der Waals surface area (Å²) in [5.41, 5.74) is 1.00. The van der Waals surface area contributed by atoms with Crippen molar-refractivity contribution < 1.29 is 18.7 Å². The quantitative estimate of drug-likeness (QED) is 0.728. The van der Waals surface area contributed by atoms with Crippen LogP contribution in [0.1, 0.15) is 47.4 Å². The van der Waals surface area contributed by atoms with Gasteiger partial charge >= 0.3 is 0 Å². The molecule has 1 saturated heterocycles. The maximum absolute atomic E-state index is 13.3. The molecule has 3 rings (SSSR count). The normalized spacial score (nSPS) is 14.6. The Labute approximate surface area is 181 Å². The Balaban J connectivity index is 1.46. The van der Waals surface area contributed by atoms with Gasteiger partial charge in [-0.25, -0.2) is 4.39 Å². The van der Waals surface area contributed by atoms with Gasteiger partial charge in [-0.05, 0) is 75.1 Å². The minimum Gasteiger partial charge on any atom is -0.493 e. The van der Waals surface area contributed by atoms with Crippen molar-refractivity contribution in [3.05, 3.63) is 64.4 Å². The van der Waals surface area contributed by atoms with Gasteiger partial charge in [-0.1, -0.05) is 11.6 Å². The second kappa shape index (κ2) is 9.94. The second-order valence-electron chi connectivity index (χ2n) is 7.83. The zero-order valence-electron chi connectivity index (χ0n) is 17.2. The van der Waals surface area contributed by atoms with Crippen LogP contribution < -0.4 is 10.1 Å². The first-order valence-corrected chi connectivity index (χ1v) is 10.5. The molecule has 2 aromatic rings. The number of nitrogens with one attached hydrogen (secondary N) is 1. The highest BCUT2D eigenvalue weighted by Gasteiger charge is 2.24. The van der Waals surface area contributed by atoms with E-state index in [0.717, 1.165) is 18.6 Å². The molecule has 0 unspecified atom stereocenters. The monoisotopic (exact) mass is 432 g/mol. The predicted octanol–water partition coefficient (Wildman–Crippen LogP) is 4.55. The molecule has 0 atom stereocenters. The van der Waals surface area contributed by atoms with Crippen molar-refractivity contribution in [1.29, 1.82) is 0 Å². The summed E-state index contributed by atoms with van der Waals surface area (Å²) < 4.78 is 19.2. The van der Waals surface area contributed by atoms with Crippen LogP contribution in [-0.2, 0) is 0 Å². The fourth-order valence-electron chi connectivity index (χ4n) is 3.38. The summed E-state index contributed by atoms with van der Waals surface area (Å²) in [5, 5.41) is 2.81. The van der Waals surface area contributed by atoms with Gasteiger partial charge in [0.15, 0.2) is 0 Å². The number of likely N-dealkylation sites (tertiary alicyclic amines) is 1. The van der Waals surface area contributed by atoms with Gasteiger partial charge in [0.25, 0.3) is 11.8 Å². The summed E-state index contributed by atoms with van der Waals surface area (Å²) in [5.74, 6) is 0.297. The number of ether oxygens (including phenoxy) is 1. The van der Waals surface area contributed by atoms with Crippen molar-refractivity contribution in [3.63, 3.8) is 0 Å². The fraction of sp³-hybridized carbons (Fsp3) is 0.391. The van der Waals surface area contributed by atoms with Gasteiger partial charge < -0.3 is 15.0 Å². The number of carbonyl (C=O) groups excluding carboxylic acids is 2. The van der Waals surface area contributed by atoms with Crippen molar-refractivity contribution in [1.82, 2.24) is 10.2 Å². The first-order chi connectivity index (χ1) is 14.3. The van der Waals surface area contributed by atoms with E-state index in [9.17, 15) is 14.0 Å². The van der Waals surface area contributed by atoms with Gasteiger partial charge in [-0.15, -0.1) is 0 Å². The minimum absolute atomic E-state index is 0.0446. The number of halogens is 2. The highest BCUT2D eigenvalue weighted by molar-refractivity contribution is 6.31. The van der Waals surface area contributed by atoms with E-state index in [1.807, 2.05) is 13.8 Å². The molecule has 1 heterocycles. The van der Waals surface area contributed by atoms with Gasteiger partial charge in [-0.3, -0.25) is 9.59 Å². The molecule has 2 amide bonds. The van der Waals surface area contributed by atoms with Gasteiger partial charge in [0.05, 0.1) is 11.6 Å². The van der Waals surface area contributed by atoms with Gasteiger partial charge in [0, 0.05) is 30.3 Å². The van der Waals surface area contributed by atoms with Crippen molar-refractivity contribution in [3.8, 4) is 5.75 Å². The number of benzene rings is 2. The predicted molar refractivity (Wildman–Crippen MR) is 115 cm³/mol. The van der Waals surface area contributed by atoms with Crippen LogP contribution in [0.4, 0.5) is 4.39 Å². The van der Waals surface area contributed by atoms with Crippen molar-refractivity contribution in [2.24, 2.45) is 5.92 Å². The van der Waals surface area contributed by atoms with Crippen LogP contribution in [0.25, 0.3) is 0 Å². The molecule has 0 radical (unpaired) electrons. The Kier molecular flexibility index (Phi) is 7.32. The van der Waals surface area contributed by atoms with Crippen LogP contribution >= 0.6 is 11.6 Å². The molecule has 0 aliphatic carbocycles. The lowest BCUT2D eigenvalue weighted by molar-refractivity contribution is 0.0660. The molecule has 0 spiro atoms. The Bertz CT molecular complexity index is 894. The SMILES string of the molecule is CC(C)NC(=O)c1ccc(OCC2CCN(C(=O)c3ccc(F)c(Cl)c3)CC2)cc1.